The molecule has 3 nitrogen and oxygen atoms in total. The van der Waals surface area contributed by atoms with E-state index in [1.165, 1.54) is 0 Å². The fraction of sp³-hybridized carbons (Fsp3) is 0.333. The molecular weight excluding hydrogens is 301 g/mol. The van der Waals surface area contributed by atoms with Crippen molar-refractivity contribution in [2.75, 3.05) is 0 Å². The SMILES string of the molecule is Cc1cc(C(F)(F)Cl)nc(C(F)(F)Cl)c1C(=O)O. The number of hydrogen-bond acceptors (Lipinski definition) is 2. The summed E-state index contributed by atoms with van der Waals surface area (Å²) in [7, 11) is 0. The minimum absolute atomic E-state index is 0.344. The van der Waals surface area contributed by atoms with Crippen molar-refractivity contribution >= 4 is 29.2 Å². The van der Waals surface area contributed by atoms with Gasteiger partial charge in [-0.1, -0.05) is 0 Å². The standard InChI is InChI=1S/C9H5Cl2F4NO2/c1-3-2-4(8(10,12)13)16-6(9(11,14)15)5(3)7(17)18/h2H,1H3,(H,17,18). The van der Waals surface area contributed by atoms with Crippen LogP contribution in [-0.2, 0) is 10.8 Å². The molecule has 0 fully saturated rings. The van der Waals surface area contributed by atoms with Crippen molar-refractivity contribution in [3.63, 3.8) is 0 Å². The Morgan fingerprint density at radius 3 is 2.11 bits per heavy atom. The minimum Gasteiger partial charge on any atom is -0.478 e. The van der Waals surface area contributed by atoms with Crippen LogP contribution in [0, 0.1) is 6.92 Å². The van der Waals surface area contributed by atoms with E-state index in [0.717, 1.165) is 6.92 Å². The number of hydrogen-bond donors (Lipinski definition) is 1. The lowest BCUT2D eigenvalue weighted by Crippen LogP contribution is -2.20. The average Bonchev–Trinajstić information content (AvgIpc) is 2.12. The van der Waals surface area contributed by atoms with Gasteiger partial charge >= 0.3 is 16.7 Å². The summed E-state index contributed by atoms with van der Waals surface area (Å²) in [6.45, 7) is 1.06. The molecule has 0 saturated carbocycles. The normalized spacial score (nSPS) is 12.6. The van der Waals surface area contributed by atoms with E-state index in [0.29, 0.717) is 6.07 Å². The van der Waals surface area contributed by atoms with Gasteiger partial charge in [-0.3, -0.25) is 0 Å². The molecule has 1 N–H and O–H groups in total. The molecule has 0 aliphatic heterocycles. The molecule has 0 radical (unpaired) electrons. The Kier molecular flexibility index (Phi) is 3.78. The number of carboxylic acids is 1. The Morgan fingerprint density at radius 2 is 1.78 bits per heavy atom. The van der Waals surface area contributed by atoms with E-state index in [-0.39, 0.29) is 5.56 Å². The van der Waals surface area contributed by atoms with Crippen LogP contribution in [0.3, 0.4) is 0 Å². The highest BCUT2D eigenvalue weighted by molar-refractivity contribution is 6.22. The van der Waals surface area contributed by atoms with E-state index in [1.807, 2.05) is 0 Å². The summed E-state index contributed by atoms with van der Waals surface area (Å²) < 4.78 is 51.6. The second-order valence-corrected chi connectivity index (χ2v) is 4.30. The van der Waals surface area contributed by atoms with E-state index >= 15 is 0 Å². The highest BCUT2D eigenvalue weighted by atomic mass is 35.5. The fourth-order valence-corrected chi connectivity index (χ4v) is 1.53. The van der Waals surface area contributed by atoms with Gasteiger partial charge in [-0.2, -0.15) is 17.6 Å². The number of rotatable bonds is 3. The number of aryl methyl sites for hydroxylation is 1. The number of carboxylic acid groups (broad SMARTS) is 1. The van der Waals surface area contributed by atoms with Crippen molar-refractivity contribution in [2.24, 2.45) is 0 Å². The van der Waals surface area contributed by atoms with Gasteiger partial charge in [0.05, 0.1) is 5.56 Å². The number of aromatic carboxylic acids is 1. The summed E-state index contributed by atoms with van der Waals surface area (Å²) in [6, 6.07) is 0.614. The molecular formula is C9H5Cl2F4NO2. The third-order valence-electron chi connectivity index (χ3n) is 1.99. The van der Waals surface area contributed by atoms with Gasteiger partial charge < -0.3 is 5.11 Å². The number of halogens is 6. The Labute approximate surface area is 108 Å². The van der Waals surface area contributed by atoms with Gasteiger partial charge in [0, 0.05) is 0 Å². The van der Waals surface area contributed by atoms with Crippen molar-refractivity contribution < 1.29 is 27.5 Å². The van der Waals surface area contributed by atoms with Crippen LogP contribution in [0.1, 0.15) is 27.3 Å². The molecule has 1 heterocycles. The molecule has 0 aromatic carbocycles. The van der Waals surface area contributed by atoms with Crippen LogP contribution in [0.4, 0.5) is 17.6 Å². The molecule has 0 bridgehead atoms. The first-order valence-electron chi connectivity index (χ1n) is 4.34. The molecule has 18 heavy (non-hydrogen) atoms. The molecule has 0 aliphatic carbocycles. The predicted octanol–water partition coefficient (Wildman–Crippen LogP) is 3.66. The van der Waals surface area contributed by atoms with Crippen LogP contribution in [0.2, 0.25) is 0 Å². The molecule has 0 spiro atoms. The second kappa shape index (κ2) is 4.55. The Hall–Kier alpha value is -1.08. The van der Waals surface area contributed by atoms with Gasteiger partial charge in [-0.25, -0.2) is 9.78 Å². The van der Waals surface area contributed by atoms with Gasteiger partial charge in [0.25, 0.3) is 0 Å². The van der Waals surface area contributed by atoms with Crippen molar-refractivity contribution in [3.05, 3.63) is 28.6 Å². The zero-order valence-corrected chi connectivity index (χ0v) is 10.2. The first kappa shape index (κ1) is 15.0. The minimum atomic E-state index is -4.20. The fourth-order valence-electron chi connectivity index (χ4n) is 1.29. The van der Waals surface area contributed by atoms with Crippen molar-refractivity contribution in [1.82, 2.24) is 4.98 Å². The molecule has 0 saturated heterocycles. The van der Waals surface area contributed by atoms with Crippen molar-refractivity contribution in [2.45, 2.75) is 17.7 Å². The van der Waals surface area contributed by atoms with Crippen LogP contribution in [-0.4, -0.2) is 16.1 Å². The van der Waals surface area contributed by atoms with Gasteiger partial charge in [0.1, 0.15) is 11.4 Å². The molecule has 9 heteroatoms. The van der Waals surface area contributed by atoms with E-state index < -0.39 is 33.7 Å². The van der Waals surface area contributed by atoms with Gasteiger partial charge in [0.15, 0.2) is 0 Å². The molecule has 0 unspecified atom stereocenters. The molecule has 1 aromatic rings. The highest BCUT2D eigenvalue weighted by Gasteiger charge is 2.40. The first-order chi connectivity index (χ1) is 7.94. The first-order valence-corrected chi connectivity index (χ1v) is 5.09. The molecule has 1 aromatic heterocycles. The number of pyridine rings is 1. The zero-order chi connectivity index (χ0) is 14.3. The van der Waals surface area contributed by atoms with E-state index in [9.17, 15) is 22.4 Å². The summed E-state index contributed by atoms with van der Waals surface area (Å²) in [5.74, 6) is -1.75. The maximum atomic E-state index is 13.0. The lowest BCUT2D eigenvalue weighted by molar-refractivity contribution is 0.0626. The molecule has 0 aliphatic rings. The number of aromatic nitrogens is 1. The molecule has 0 amide bonds. The topological polar surface area (TPSA) is 50.2 Å². The number of nitrogens with zero attached hydrogens (tertiary/aromatic N) is 1. The summed E-state index contributed by atoms with van der Waals surface area (Å²) in [6.07, 6.45) is 0. The van der Waals surface area contributed by atoms with Crippen molar-refractivity contribution in [3.8, 4) is 0 Å². The molecule has 100 valence electrons. The Morgan fingerprint density at radius 1 is 1.28 bits per heavy atom. The summed E-state index contributed by atoms with van der Waals surface area (Å²) in [5, 5.41) is 0.552. The lowest BCUT2D eigenvalue weighted by atomic mass is 10.1. The predicted molar refractivity (Wildman–Crippen MR) is 55.4 cm³/mol. The second-order valence-electron chi connectivity index (χ2n) is 3.35. The van der Waals surface area contributed by atoms with Crippen LogP contribution >= 0.6 is 23.2 Å². The van der Waals surface area contributed by atoms with Gasteiger partial charge in [0.2, 0.25) is 0 Å². The van der Waals surface area contributed by atoms with Crippen molar-refractivity contribution in [1.29, 1.82) is 0 Å². The van der Waals surface area contributed by atoms with Crippen LogP contribution in [0.5, 0.6) is 0 Å². The Balaban J connectivity index is 3.64. The Bertz CT molecular complexity index is 497. The molecule has 1 rings (SSSR count). The highest BCUT2D eigenvalue weighted by Crippen LogP contribution is 2.38. The van der Waals surface area contributed by atoms with Crippen LogP contribution in [0.25, 0.3) is 0 Å². The van der Waals surface area contributed by atoms with Crippen LogP contribution in [0.15, 0.2) is 6.07 Å². The average molecular weight is 306 g/mol. The third kappa shape index (κ3) is 3.02. The van der Waals surface area contributed by atoms with E-state index in [1.54, 1.807) is 0 Å². The summed E-state index contributed by atoms with van der Waals surface area (Å²) in [5.41, 5.74) is -3.93. The smallest absolute Gasteiger partial charge is 0.365 e. The quantitative estimate of drug-likeness (QED) is 0.685. The summed E-state index contributed by atoms with van der Waals surface area (Å²) in [4.78, 5) is 13.7. The van der Waals surface area contributed by atoms with Gasteiger partial charge in [-0.05, 0) is 41.8 Å². The molecule has 0 atom stereocenters. The summed E-state index contributed by atoms with van der Waals surface area (Å²) >= 11 is 9.31. The van der Waals surface area contributed by atoms with E-state index in [2.05, 4.69) is 28.2 Å². The lowest BCUT2D eigenvalue weighted by Gasteiger charge is -2.16. The van der Waals surface area contributed by atoms with E-state index in [4.69, 9.17) is 5.11 Å². The number of carbonyl (C=O) groups is 1. The maximum Gasteiger partial charge on any atom is 0.365 e. The largest absolute Gasteiger partial charge is 0.478 e. The van der Waals surface area contributed by atoms with Gasteiger partial charge in [-0.15, -0.1) is 0 Å². The third-order valence-corrected chi connectivity index (χ3v) is 2.36. The zero-order valence-electron chi connectivity index (χ0n) is 8.65. The van der Waals surface area contributed by atoms with Crippen LogP contribution < -0.4 is 0 Å². The number of alkyl halides is 6. The monoisotopic (exact) mass is 305 g/mol. The maximum absolute atomic E-state index is 13.0.